The molecular weight excluding hydrogens is 166 g/mol. The molecule has 0 aliphatic heterocycles. The third kappa shape index (κ3) is 6.20. The van der Waals surface area contributed by atoms with E-state index in [0.717, 1.165) is 11.3 Å². The molecular formula is C7H12ClNS. The predicted molar refractivity (Wildman–Crippen MR) is 50.3 cm³/mol. The second-order valence-corrected chi connectivity index (χ2v) is 3.12. The van der Waals surface area contributed by atoms with Gasteiger partial charge >= 0.3 is 0 Å². The Labute approximate surface area is 71.3 Å². The van der Waals surface area contributed by atoms with E-state index in [-0.39, 0.29) is 0 Å². The number of allylic oxidation sites excluding steroid dienone is 1. The molecule has 0 bridgehead atoms. The summed E-state index contributed by atoms with van der Waals surface area (Å²) < 4.78 is 0. The van der Waals surface area contributed by atoms with Crippen molar-refractivity contribution in [3.8, 4) is 0 Å². The summed E-state index contributed by atoms with van der Waals surface area (Å²) in [7, 11) is 0. The van der Waals surface area contributed by atoms with Gasteiger partial charge in [-0.3, -0.25) is 0 Å². The highest BCUT2D eigenvalue weighted by atomic mass is 35.5. The average molecular weight is 178 g/mol. The van der Waals surface area contributed by atoms with Crippen LogP contribution in [0.2, 0.25) is 0 Å². The third-order valence-corrected chi connectivity index (χ3v) is 1.89. The smallest absolute Gasteiger partial charge is 0.0412 e. The van der Waals surface area contributed by atoms with Gasteiger partial charge in [0.15, 0.2) is 0 Å². The van der Waals surface area contributed by atoms with Crippen molar-refractivity contribution in [1.82, 2.24) is 0 Å². The van der Waals surface area contributed by atoms with E-state index in [1.54, 1.807) is 11.8 Å². The molecule has 0 aliphatic rings. The largest absolute Gasteiger partial charge is 0.330 e. The first kappa shape index (κ1) is 10.1. The first-order valence-electron chi connectivity index (χ1n) is 3.06. The fourth-order valence-electron chi connectivity index (χ4n) is 0.401. The van der Waals surface area contributed by atoms with Gasteiger partial charge in [-0.2, -0.15) is 0 Å². The minimum atomic E-state index is 0.558. The van der Waals surface area contributed by atoms with Crippen LogP contribution in [-0.4, -0.2) is 12.4 Å². The van der Waals surface area contributed by atoms with E-state index in [2.05, 4.69) is 6.58 Å². The molecule has 1 nitrogen and oxygen atoms in total. The number of halogens is 1. The molecule has 0 aromatic heterocycles. The van der Waals surface area contributed by atoms with Gasteiger partial charge in [-0.05, 0) is 23.3 Å². The second kappa shape index (κ2) is 7.19. The van der Waals surface area contributed by atoms with Gasteiger partial charge in [-0.15, -0.1) is 23.4 Å². The quantitative estimate of drug-likeness (QED) is 0.653. The van der Waals surface area contributed by atoms with Crippen LogP contribution in [0.1, 0.15) is 6.42 Å². The zero-order chi connectivity index (χ0) is 7.82. The molecule has 2 N–H and O–H groups in total. The number of hydrogen-bond donors (Lipinski definition) is 1. The summed E-state index contributed by atoms with van der Waals surface area (Å²) >= 11 is 6.99. The lowest BCUT2D eigenvalue weighted by molar-refractivity contribution is 1.000. The van der Waals surface area contributed by atoms with Gasteiger partial charge in [-0.1, -0.05) is 12.7 Å². The predicted octanol–water partition coefficient (Wildman–Crippen LogP) is 2.33. The summed E-state index contributed by atoms with van der Waals surface area (Å²) in [4.78, 5) is 1.09. The summed E-state index contributed by atoms with van der Waals surface area (Å²) in [6.07, 6.45) is 2.76. The maximum absolute atomic E-state index is 5.41. The highest BCUT2D eigenvalue weighted by molar-refractivity contribution is 8.05. The Morgan fingerprint density at radius 1 is 1.70 bits per heavy atom. The number of nitrogens with two attached hydrogens (primary N) is 1. The van der Waals surface area contributed by atoms with E-state index < -0.39 is 0 Å². The van der Waals surface area contributed by atoms with Crippen LogP contribution in [0.4, 0.5) is 0 Å². The minimum Gasteiger partial charge on any atom is -0.330 e. The summed E-state index contributed by atoms with van der Waals surface area (Å²) in [6, 6.07) is 0. The standard InChI is InChI=1S/C7H12ClNS/c1-7(3-5-9)10-6-2-4-8/h2,6H,1,3-5,9H2/b6-2-. The first-order valence-corrected chi connectivity index (χ1v) is 4.48. The Balaban J connectivity index is 3.30. The summed E-state index contributed by atoms with van der Waals surface area (Å²) in [6.45, 7) is 4.47. The first-order chi connectivity index (χ1) is 4.81. The molecule has 0 radical (unpaired) electrons. The molecule has 0 saturated carbocycles. The molecule has 0 aromatic rings. The van der Waals surface area contributed by atoms with Crippen LogP contribution in [0.5, 0.6) is 0 Å². The normalized spacial score (nSPS) is 10.6. The molecule has 0 atom stereocenters. The van der Waals surface area contributed by atoms with Gasteiger partial charge in [0.05, 0.1) is 0 Å². The molecule has 0 aliphatic carbocycles. The van der Waals surface area contributed by atoms with Crippen LogP contribution >= 0.6 is 23.4 Å². The summed E-state index contributed by atoms with van der Waals surface area (Å²) in [5, 5.41) is 1.94. The van der Waals surface area contributed by atoms with E-state index in [1.807, 2.05) is 11.5 Å². The summed E-state index contributed by atoms with van der Waals surface area (Å²) in [5.41, 5.74) is 5.31. The molecule has 0 heterocycles. The summed E-state index contributed by atoms with van der Waals surface area (Å²) in [5.74, 6) is 0.558. The van der Waals surface area contributed by atoms with Gasteiger partial charge in [0, 0.05) is 5.88 Å². The van der Waals surface area contributed by atoms with E-state index in [0.29, 0.717) is 12.4 Å². The Kier molecular flexibility index (Phi) is 7.25. The van der Waals surface area contributed by atoms with Crippen LogP contribution < -0.4 is 5.73 Å². The van der Waals surface area contributed by atoms with Crippen LogP contribution in [0.3, 0.4) is 0 Å². The van der Waals surface area contributed by atoms with E-state index in [9.17, 15) is 0 Å². The Hall–Kier alpha value is 0.0800. The fourth-order valence-corrected chi connectivity index (χ4v) is 1.22. The molecule has 3 heteroatoms. The van der Waals surface area contributed by atoms with Crippen LogP contribution in [0.25, 0.3) is 0 Å². The molecule has 10 heavy (non-hydrogen) atoms. The van der Waals surface area contributed by atoms with Crippen LogP contribution in [-0.2, 0) is 0 Å². The lowest BCUT2D eigenvalue weighted by Crippen LogP contribution is -1.97. The lowest BCUT2D eigenvalue weighted by atomic mass is 10.4. The van der Waals surface area contributed by atoms with Crippen molar-refractivity contribution >= 4 is 23.4 Å². The lowest BCUT2D eigenvalue weighted by Gasteiger charge is -1.96. The number of rotatable bonds is 5. The van der Waals surface area contributed by atoms with E-state index in [4.69, 9.17) is 17.3 Å². The minimum absolute atomic E-state index is 0.558. The topological polar surface area (TPSA) is 26.0 Å². The van der Waals surface area contributed by atoms with Gasteiger partial charge < -0.3 is 5.73 Å². The Bertz CT molecular complexity index is 123. The molecule has 0 fully saturated rings. The van der Waals surface area contributed by atoms with Crippen LogP contribution in [0.15, 0.2) is 23.0 Å². The van der Waals surface area contributed by atoms with E-state index >= 15 is 0 Å². The third-order valence-electron chi connectivity index (χ3n) is 0.843. The maximum Gasteiger partial charge on any atom is 0.0412 e. The van der Waals surface area contributed by atoms with Gasteiger partial charge in [-0.25, -0.2) is 0 Å². The monoisotopic (exact) mass is 177 g/mol. The zero-order valence-electron chi connectivity index (χ0n) is 5.85. The molecule has 0 unspecified atom stereocenters. The maximum atomic E-state index is 5.41. The second-order valence-electron chi connectivity index (χ2n) is 1.72. The molecule has 0 rings (SSSR count). The molecule has 0 amide bonds. The molecule has 0 saturated heterocycles. The van der Waals surface area contributed by atoms with Gasteiger partial charge in [0.2, 0.25) is 0 Å². The Morgan fingerprint density at radius 3 is 2.90 bits per heavy atom. The van der Waals surface area contributed by atoms with Crippen molar-refractivity contribution < 1.29 is 0 Å². The number of alkyl halides is 1. The van der Waals surface area contributed by atoms with Gasteiger partial charge in [0.1, 0.15) is 0 Å². The van der Waals surface area contributed by atoms with E-state index in [1.165, 1.54) is 0 Å². The number of thioether (sulfide) groups is 1. The molecule has 0 spiro atoms. The van der Waals surface area contributed by atoms with Crippen molar-refractivity contribution in [2.24, 2.45) is 5.73 Å². The van der Waals surface area contributed by atoms with Crippen molar-refractivity contribution in [3.63, 3.8) is 0 Å². The highest BCUT2D eigenvalue weighted by Gasteiger charge is 1.87. The van der Waals surface area contributed by atoms with Crippen molar-refractivity contribution in [1.29, 1.82) is 0 Å². The SMILES string of the molecule is C=C(CCN)S/C=C\CCl. The highest BCUT2D eigenvalue weighted by Crippen LogP contribution is 2.16. The number of hydrogen-bond acceptors (Lipinski definition) is 2. The Morgan fingerprint density at radius 2 is 2.40 bits per heavy atom. The molecule has 0 aromatic carbocycles. The van der Waals surface area contributed by atoms with Crippen molar-refractivity contribution in [2.45, 2.75) is 6.42 Å². The van der Waals surface area contributed by atoms with Crippen LogP contribution in [0, 0.1) is 0 Å². The zero-order valence-corrected chi connectivity index (χ0v) is 7.42. The van der Waals surface area contributed by atoms with Crippen molar-refractivity contribution in [3.05, 3.63) is 23.0 Å². The van der Waals surface area contributed by atoms with Crippen molar-refractivity contribution in [2.75, 3.05) is 12.4 Å². The average Bonchev–Trinajstić information content (AvgIpc) is 1.89. The molecule has 58 valence electrons. The van der Waals surface area contributed by atoms with Gasteiger partial charge in [0.25, 0.3) is 0 Å². The fraction of sp³-hybridized carbons (Fsp3) is 0.429.